The van der Waals surface area contributed by atoms with E-state index in [9.17, 15) is 14.7 Å². The number of thiophene rings is 1. The second-order valence-corrected chi connectivity index (χ2v) is 8.19. The lowest BCUT2D eigenvalue weighted by Crippen LogP contribution is -2.45. The molecule has 1 aromatic carbocycles. The number of likely N-dealkylation sites (tertiary alicyclic amines) is 1. The number of rotatable bonds is 7. The minimum absolute atomic E-state index is 0.000971. The van der Waals surface area contributed by atoms with E-state index in [1.54, 1.807) is 18.4 Å². The van der Waals surface area contributed by atoms with E-state index in [1.807, 2.05) is 23.1 Å². The van der Waals surface area contributed by atoms with Gasteiger partial charge in [-0.3, -0.25) is 9.69 Å². The number of piperidine rings is 1. The Labute approximate surface area is 179 Å². The van der Waals surface area contributed by atoms with E-state index in [4.69, 9.17) is 16.3 Å². The number of carbonyl (C=O) groups is 2. The number of aliphatic hydroxyl groups is 1. The number of anilines is 1. The summed E-state index contributed by atoms with van der Waals surface area (Å²) in [4.78, 5) is 27.3. The Hall–Kier alpha value is -1.93. The molecule has 0 aliphatic carbocycles. The topological polar surface area (TPSA) is 78.9 Å². The maximum Gasteiger partial charge on any atom is 0.341 e. The van der Waals surface area contributed by atoms with Gasteiger partial charge in [-0.05, 0) is 32.4 Å². The third-order valence-corrected chi connectivity index (χ3v) is 6.22. The van der Waals surface area contributed by atoms with Gasteiger partial charge in [-0.25, -0.2) is 4.79 Å². The Balaban J connectivity index is 1.84. The fourth-order valence-electron chi connectivity index (χ4n) is 3.56. The van der Waals surface area contributed by atoms with Crippen LogP contribution in [-0.4, -0.2) is 54.2 Å². The molecule has 2 aromatic rings. The Bertz CT molecular complexity index is 870. The Morgan fingerprint density at radius 1 is 1.31 bits per heavy atom. The molecule has 1 fully saturated rings. The predicted molar refractivity (Wildman–Crippen MR) is 116 cm³/mol. The van der Waals surface area contributed by atoms with Crippen molar-refractivity contribution in [2.24, 2.45) is 0 Å². The summed E-state index contributed by atoms with van der Waals surface area (Å²) >= 11 is 7.59. The molecule has 1 aliphatic rings. The average molecular weight is 437 g/mol. The number of amides is 1. The summed E-state index contributed by atoms with van der Waals surface area (Å²) in [5.74, 6) is -0.714. The third-order valence-electron chi connectivity index (χ3n) is 4.99. The molecular weight excluding hydrogens is 412 g/mol. The van der Waals surface area contributed by atoms with Gasteiger partial charge in [0.25, 0.3) is 0 Å². The van der Waals surface area contributed by atoms with Crippen LogP contribution in [0.4, 0.5) is 5.00 Å². The van der Waals surface area contributed by atoms with E-state index in [1.165, 1.54) is 11.3 Å². The number of halogens is 1. The van der Waals surface area contributed by atoms with Crippen molar-refractivity contribution in [3.05, 3.63) is 40.2 Å². The zero-order valence-corrected chi connectivity index (χ0v) is 17.9. The van der Waals surface area contributed by atoms with Gasteiger partial charge in [-0.15, -0.1) is 11.3 Å². The molecule has 0 unspecified atom stereocenters. The first kappa shape index (κ1) is 21.8. The van der Waals surface area contributed by atoms with Crippen LogP contribution in [0.3, 0.4) is 0 Å². The Kier molecular flexibility index (Phi) is 7.66. The van der Waals surface area contributed by atoms with Gasteiger partial charge in [0.15, 0.2) is 0 Å². The molecule has 2 N–H and O–H groups in total. The summed E-state index contributed by atoms with van der Waals surface area (Å²) in [7, 11) is 0. The molecule has 2 heterocycles. The van der Waals surface area contributed by atoms with Crippen LogP contribution >= 0.6 is 22.9 Å². The molecule has 1 aliphatic heterocycles. The fourth-order valence-corrected chi connectivity index (χ4v) is 4.76. The van der Waals surface area contributed by atoms with Crippen LogP contribution in [0.15, 0.2) is 29.6 Å². The molecule has 0 spiro atoms. The standard InChI is InChI=1S/C21H25ClN2O4S/c1-2-28-21(27)19-16(15-8-3-4-9-17(15)22)13-29-20(19)23-18(26)11-24-10-6-5-7-14(24)12-25/h3-4,8-9,13-14,25H,2,5-7,10-12H2,1H3,(H,23,26)/t14-/m1/s1. The minimum Gasteiger partial charge on any atom is -0.462 e. The lowest BCUT2D eigenvalue weighted by Gasteiger charge is -2.33. The zero-order chi connectivity index (χ0) is 20.8. The van der Waals surface area contributed by atoms with Gasteiger partial charge >= 0.3 is 5.97 Å². The summed E-state index contributed by atoms with van der Waals surface area (Å²) in [6.07, 6.45) is 2.95. The molecule has 1 saturated heterocycles. The highest BCUT2D eigenvalue weighted by molar-refractivity contribution is 7.15. The van der Waals surface area contributed by atoms with Crippen LogP contribution in [-0.2, 0) is 9.53 Å². The normalized spacial score (nSPS) is 17.1. The molecular formula is C21H25ClN2O4S. The molecule has 1 atom stereocenters. The monoisotopic (exact) mass is 436 g/mol. The van der Waals surface area contributed by atoms with Gasteiger partial charge in [0.2, 0.25) is 5.91 Å². The zero-order valence-electron chi connectivity index (χ0n) is 16.3. The highest BCUT2D eigenvalue weighted by Gasteiger charge is 2.26. The van der Waals surface area contributed by atoms with Crippen LogP contribution in [0.2, 0.25) is 5.02 Å². The number of esters is 1. The highest BCUT2D eigenvalue weighted by atomic mass is 35.5. The third kappa shape index (κ3) is 5.17. The SMILES string of the molecule is CCOC(=O)c1c(-c2ccccc2Cl)csc1NC(=O)CN1CCCC[C@@H]1CO. The van der Waals surface area contributed by atoms with Crippen molar-refractivity contribution in [3.8, 4) is 11.1 Å². The number of benzene rings is 1. The lowest BCUT2D eigenvalue weighted by atomic mass is 10.0. The van der Waals surface area contributed by atoms with E-state index < -0.39 is 5.97 Å². The summed E-state index contributed by atoms with van der Waals surface area (Å²) in [5.41, 5.74) is 1.67. The van der Waals surface area contributed by atoms with Crippen LogP contribution in [0.25, 0.3) is 11.1 Å². The average Bonchev–Trinajstić information content (AvgIpc) is 3.12. The van der Waals surface area contributed by atoms with Crippen LogP contribution in [0.1, 0.15) is 36.5 Å². The summed E-state index contributed by atoms with van der Waals surface area (Å²) in [6.45, 7) is 2.96. The van der Waals surface area contributed by atoms with Crippen molar-refractivity contribution >= 4 is 39.8 Å². The first-order valence-electron chi connectivity index (χ1n) is 9.73. The van der Waals surface area contributed by atoms with Crippen molar-refractivity contribution in [1.82, 2.24) is 4.90 Å². The molecule has 0 saturated carbocycles. The first-order chi connectivity index (χ1) is 14.0. The first-order valence-corrected chi connectivity index (χ1v) is 11.0. The highest BCUT2D eigenvalue weighted by Crippen LogP contribution is 2.39. The number of carbonyl (C=O) groups excluding carboxylic acids is 2. The second kappa shape index (κ2) is 10.2. The largest absolute Gasteiger partial charge is 0.462 e. The Morgan fingerprint density at radius 3 is 2.83 bits per heavy atom. The van der Waals surface area contributed by atoms with Gasteiger partial charge in [-0.2, -0.15) is 0 Å². The van der Waals surface area contributed by atoms with Gasteiger partial charge < -0.3 is 15.2 Å². The Morgan fingerprint density at radius 2 is 2.10 bits per heavy atom. The van der Waals surface area contributed by atoms with Gasteiger partial charge in [-0.1, -0.05) is 36.2 Å². The van der Waals surface area contributed by atoms with Gasteiger partial charge in [0.05, 0.1) is 19.8 Å². The molecule has 3 rings (SSSR count). The minimum atomic E-state index is -0.495. The fraction of sp³-hybridized carbons (Fsp3) is 0.429. The van der Waals surface area contributed by atoms with Crippen molar-refractivity contribution < 1.29 is 19.4 Å². The summed E-state index contributed by atoms with van der Waals surface area (Å²) in [5, 5.41) is 15.2. The van der Waals surface area contributed by atoms with E-state index in [0.717, 1.165) is 25.8 Å². The summed E-state index contributed by atoms with van der Waals surface area (Å²) in [6, 6.07) is 7.25. The molecule has 29 heavy (non-hydrogen) atoms. The van der Waals surface area contributed by atoms with E-state index in [2.05, 4.69) is 5.32 Å². The molecule has 0 bridgehead atoms. The lowest BCUT2D eigenvalue weighted by molar-refractivity contribution is -0.118. The van der Waals surface area contributed by atoms with Crippen LogP contribution in [0, 0.1) is 0 Å². The van der Waals surface area contributed by atoms with E-state index in [0.29, 0.717) is 26.7 Å². The van der Waals surface area contributed by atoms with Crippen molar-refractivity contribution in [2.75, 3.05) is 31.6 Å². The van der Waals surface area contributed by atoms with Crippen molar-refractivity contribution in [2.45, 2.75) is 32.2 Å². The molecule has 1 aromatic heterocycles. The van der Waals surface area contributed by atoms with Gasteiger partial charge in [0.1, 0.15) is 10.6 Å². The smallest absolute Gasteiger partial charge is 0.341 e. The number of nitrogens with one attached hydrogen (secondary N) is 1. The van der Waals surface area contributed by atoms with Crippen molar-refractivity contribution in [3.63, 3.8) is 0 Å². The summed E-state index contributed by atoms with van der Waals surface area (Å²) < 4.78 is 5.22. The molecule has 1 amide bonds. The number of hydrogen-bond donors (Lipinski definition) is 2. The molecule has 0 radical (unpaired) electrons. The maximum absolute atomic E-state index is 12.7. The predicted octanol–water partition coefficient (Wildman–Crippen LogP) is 4.03. The van der Waals surface area contributed by atoms with Crippen LogP contribution < -0.4 is 5.32 Å². The number of hydrogen-bond acceptors (Lipinski definition) is 6. The number of nitrogens with zero attached hydrogens (tertiary/aromatic N) is 1. The van der Waals surface area contributed by atoms with Gasteiger partial charge in [0, 0.05) is 27.6 Å². The van der Waals surface area contributed by atoms with E-state index >= 15 is 0 Å². The second-order valence-electron chi connectivity index (χ2n) is 6.90. The molecule has 6 nitrogen and oxygen atoms in total. The van der Waals surface area contributed by atoms with E-state index in [-0.39, 0.29) is 31.7 Å². The number of aliphatic hydroxyl groups excluding tert-OH is 1. The van der Waals surface area contributed by atoms with Crippen molar-refractivity contribution in [1.29, 1.82) is 0 Å². The molecule has 156 valence electrons. The quantitative estimate of drug-likeness (QED) is 0.640. The number of ether oxygens (including phenoxy) is 1. The molecule has 8 heteroatoms. The van der Waals surface area contributed by atoms with Crippen LogP contribution in [0.5, 0.6) is 0 Å². The maximum atomic E-state index is 12.7.